The highest BCUT2D eigenvalue weighted by Gasteiger charge is 2.34. The molecule has 10 nitrogen and oxygen atoms in total. The largest absolute Gasteiger partial charge is 0.467 e. The van der Waals surface area contributed by atoms with Crippen LogP contribution in [0.25, 0.3) is 0 Å². The first-order valence-corrected chi connectivity index (χ1v) is 10.9. The molecule has 0 aromatic carbocycles. The molecule has 5 atom stereocenters. The molecule has 0 aromatic heterocycles. The Morgan fingerprint density at radius 2 is 1.61 bits per heavy atom. The van der Waals surface area contributed by atoms with Crippen LogP contribution in [0.15, 0.2) is 0 Å². The van der Waals surface area contributed by atoms with Crippen LogP contribution >= 0.6 is 0 Å². The minimum atomic E-state index is -1.30. The SMILES string of the molecule is COC(=O)[C@H](CC(C)C)NC(=O)[C@H](NC(=O)[C@H](NC(=O)[C@@H]1CCCN1)C(C)C)[C@H](C)O. The van der Waals surface area contributed by atoms with E-state index in [0.717, 1.165) is 13.0 Å². The molecule has 0 radical (unpaired) electrons. The normalized spacial score (nSPS) is 20.0. The molecule has 31 heavy (non-hydrogen) atoms. The number of carbonyl (C=O) groups excluding carboxylic acids is 4. The molecule has 1 rings (SSSR count). The van der Waals surface area contributed by atoms with Gasteiger partial charge in [0.25, 0.3) is 0 Å². The van der Waals surface area contributed by atoms with Crippen molar-refractivity contribution in [2.75, 3.05) is 13.7 Å². The van der Waals surface area contributed by atoms with Crippen molar-refractivity contribution < 1.29 is 29.0 Å². The van der Waals surface area contributed by atoms with Crippen LogP contribution in [0.3, 0.4) is 0 Å². The summed E-state index contributed by atoms with van der Waals surface area (Å²) in [7, 11) is 1.23. The molecule has 10 heteroatoms. The third-order valence-corrected chi connectivity index (χ3v) is 5.20. The lowest BCUT2D eigenvalue weighted by Crippen LogP contribution is -2.60. The van der Waals surface area contributed by atoms with Gasteiger partial charge in [0, 0.05) is 0 Å². The minimum Gasteiger partial charge on any atom is -0.467 e. The Morgan fingerprint density at radius 3 is 2.06 bits per heavy atom. The molecule has 0 spiro atoms. The van der Waals surface area contributed by atoms with Crippen molar-refractivity contribution in [1.29, 1.82) is 0 Å². The zero-order valence-corrected chi connectivity index (χ0v) is 19.4. The lowest BCUT2D eigenvalue weighted by atomic mass is 10.0. The molecule has 1 fully saturated rings. The zero-order chi connectivity index (χ0) is 23.7. The van der Waals surface area contributed by atoms with E-state index < -0.39 is 42.0 Å². The fourth-order valence-corrected chi connectivity index (χ4v) is 3.43. The van der Waals surface area contributed by atoms with Crippen molar-refractivity contribution in [1.82, 2.24) is 21.3 Å². The summed E-state index contributed by atoms with van der Waals surface area (Å²) in [6.45, 7) is 9.46. The Bertz CT molecular complexity index is 631. The minimum absolute atomic E-state index is 0.105. The van der Waals surface area contributed by atoms with Gasteiger partial charge in [-0.25, -0.2) is 4.79 Å². The van der Waals surface area contributed by atoms with E-state index in [1.54, 1.807) is 13.8 Å². The summed E-state index contributed by atoms with van der Waals surface area (Å²) in [5.74, 6) is -2.30. The molecule has 1 aliphatic heterocycles. The summed E-state index contributed by atoms with van der Waals surface area (Å²) in [6.07, 6.45) is 0.708. The van der Waals surface area contributed by atoms with E-state index in [4.69, 9.17) is 4.74 Å². The molecule has 0 unspecified atom stereocenters. The van der Waals surface area contributed by atoms with E-state index in [1.807, 2.05) is 13.8 Å². The van der Waals surface area contributed by atoms with E-state index >= 15 is 0 Å². The van der Waals surface area contributed by atoms with Crippen molar-refractivity contribution in [3.8, 4) is 0 Å². The number of ether oxygens (including phenoxy) is 1. The van der Waals surface area contributed by atoms with Crippen molar-refractivity contribution in [2.24, 2.45) is 11.8 Å². The number of rotatable bonds is 11. The van der Waals surface area contributed by atoms with Gasteiger partial charge in [0.2, 0.25) is 17.7 Å². The highest BCUT2D eigenvalue weighted by molar-refractivity contribution is 5.94. The first kappa shape index (κ1) is 26.8. The molecule has 1 saturated heterocycles. The number of aliphatic hydroxyl groups excluding tert-OH is 1. The second-order valence-electron chi connectivity index (χ2n) is 8.82. The number of amides is 3. The second kappa shape index (κ2) is 12.6. The van der Waals surface area contributed by atoms with Crippen LogP contribution in [0.2, 0.25) is 0 Å². The lowest BCUT2D eigenvalue weighted by molar-refractivity contribution is -0.146. The molecular weight excluding hydrogens is 404 g/mol. The van der Waals surface area contributed by atoms with Gasteiger partial charge in [-0.3, -0.25) is 14.4 Å². The highest BCUT2D eigenvalue weighted by atomic mass is 16.5. The van der Waals surface area contributed by atoms with Crippen LogP contribution in [0, 0.1) is 11.8 Å². The maximum absolute atomic E-state index is 12.9. The summed E-state index contributed by atoms with van der Waals surface area (Å²) in [4.78, 5) is 50.1. The summed E-state index contributed by atoms with van der Waals surface area (Å²) in [6, 6.07) is -3.42. The first-order valence-electron chi connectivity index (χ1n) is 10.9. The standard InChI is InChI=1S/C21H38N4O6/c1-11(2)10-15(21(30)31-6)23-20(29)17(13(5)26)25-19(28)16(12(3)4)24-18(27)14-8-7-9-22-14/h11-17,22,26H,7-10H2,1-6H3,(H,23,29)(H,24,27)(H,25,28)/t13-,14-,15-,16+,17+/m0/s1. The van der Waals surface area contributed by atoms with E-state index in [2.05, 4.69) is 21.3 Å². The summed E-state index contributed by atoms with van der Waals surface area (Å²) in [5.41, 5.74) is 0. The molecule has 0 aromatic rings. The van der Waals surface area contributed by atoms with Crippen LogP contribution in [0.4, 0.5) is 0 Å². The van der Waals surface area contributed by atoms with E-state index in [-0.39, 0.29) is 23.8 Å². The first-order chi connectivity index (χ1) is 14.5. The summed E-state index contributed by atoms with van der Waals surface area (Å²) in [5, 5.41) is 21.0. The zero-order valence-electron chi connectivity index (χ0n) is 19.4. The molecule has 5 N–H and O–H groups in total. The molecule has 0 saturated carbocycles. The number of methoxy groups -OCH3 is 1. The molecule has 1 heterocycles. The number of esters is 1. The molecule has 0 bridgehead atoms. The number of carbonyl (C=O) groups is 4. The molecular formula is C21H38N4O6. The predicted octanol–water partition coefficient (Wildman–Crippen LogP) is -0.551. The van der Waals surface area contributed by atoms with E-state index in [9.17, 15) is 24.3 Å². The quantitative estimate of drug-likeness (QED) is 0.270. The van der Waals surface area contributed by atoms with Crippen LogP contribution < -0.4 is 21.3 Å². The summed E-state index contributed by atoms with van der Waals surface area (Å²) >= 11 is 0. The van der Waals surface area contributed by atoms with Crippen LogP contribution in [-0.2, 0) is 23.9 Å². The fourth-order valence-electron chi connectivity index (χ4n) is 3.43. The Balaban J connectivity index is 2.87. The third kappa shape index (κ3) is 8.45. The average molecular weight is 443 g/mol. The predicted molar refractivity (Wildman–Crippen MR) is 115 cm³/mol. The molecule has 0 aliphatic carbocycles. The van der Waals surface area contributed by atoms with Gasteiger partial charge in [0.15, 0.2) is 0 Å². The van der Waals surface area contributed by atoms with Crippen molar-refractivity contribution in [2.45, 2.75) is 84.2 Å². The van der Waals surface area contributed by atoms with E-state index in [0.29, 0.717) is 12.8 Å². The monoisotopic (exact) mass is 442 g/mol. The lowest BCUT2D eigenvalue weighted by Gasteiger charge is -2.28. The van der Waals surface area contributed by atoms with Crippen molar-refractivity contribution in [3.63, 3.8) is 0 Å². The van der Waals surface area contributed by atoms with Gasteiger partial charge in [-0.2, -0.15) is 0 Å². The smallest absolute Gasteiger partial charge is 0.328 e. The van der Waals surface area contributed by atoms with Crippen LogP contribution in [0.5, 0.6) is 0 Å². The van der Waals surface area contributed by atoms with Gasteiger partial charge < -0.3 is 31.1 Å². The average Bonchev–Trinajstić information content (AvgIpc) is 3.22. The summed E-state index contributed by atoms with van der Waals surface area (Å²) < 4.78 is 4.74. The second-order valence-corrected chi connectivity index (χ2v) is 8.82. The molecule has 3 amide bonds. The van der Waals surface area contributed by atoms with Crippen molar-refractivity contribution in [3.05, 3.63) is 0 Å². The van der Waals surface area contributed by atoms with Gasteiger partial charge in [0.05, 0.1) is 19.3 Å². The topological polar surface area (TPSA) is 146 Å². The fraction of sp³-hybridized carbons (Fsp3) is 0.810. The van der Waals surface area contributed by atoms with Gasteiger partial charge in [-0.15, -0.1) is 0 Å². The Morgan fingerprint density at radius 1 is 1.00 bits per heavy atom. The molecule has 178 valence electrons. The van der Waals surface area contributed by atoms with Gasteiger partial charge >= 0.3 is 5.97 Å². The maximum atomic E-state index is 12.9. The molecule has 1 aliphatic rings. The van der Waals surface area contributed by atoms with Crippen molar-refractivity contribution >= 4 is 23.7 Å². The van der Waals surface area contributed by atoms with Crippen LogP contribution in [-0.4, -0.2) is 72.7 Å². The Labute approximate surface area is 184 Å². The number of hydrogen-bond acceptors (Lipinski definition) is 7. The Kier molecular flexibility index (Phi) is 10.9. The van der Waals surface area contributed by atoms with Gasteiger partial charge in [0.1, 0.15) is 18.1 Å². The number of hydrogen-bond donors (Lipinski definition) is 5. The van der Waals surface area contributed by atoms with Gasteiger partial charge in [-0.1, -0.05) is 27.7 Å². The number of nitrogens with one attached hydrogen (secondary N) is 4. The third-order valence-electron chi connectivity index (χ3n) is 5.20. The number of aliphatic hydroxyl groups is 1. The highest BCUT2D eigenvalue weighted by Crippen LogP contribution is 2.10. The van der Waals surface area contributed by atoms with Gasteiger partial charge in [-0.05, 0) is 44.6 Å². The van der Waals surface area contributed by atoms with Crippen LogP contribution in [0.1, 0.15) is 53.9 Å². The maximum Gasteiger partial charge on any atom is 0.328 e. The Hall–Kier alpha value is -2.20. The van der Waals surface area contributed by atoms with E-state index in [1.165, 1.54) is 14.0 Å².